The molecule has 3 aromatic heterocycles. The summed E-state index contributed by atoms with van der Waals surface area (Å²) in [6.07, 6.45) is 5.59. The molecule has 48 heavy (non-hydrogen) atoms. The van der Waals surface area contributed by atoms with E-state index in [0.717, 1.165) is 61.2 Å². The first-order valence-electron chi connectivity index (χ1n) is 16.0. The Morgan fingerprint density at radius 2 is 1.17 bits per heavy atom. The molecular weight excluding hydrogens is 589 g/mol. The molecule has 1 N–H and O–H groups in total. The molecule has 5 nitrogen and oxygen atoms in total. The lowest BCUT2D eigenvalue weighted by Gasteiger charge is -2.12. The SMILES string of the molecule is Cc1ccc(O)c(-c2nc3c(-c4cc(-c5ccccc5)cc(-c5cc(-c6ccc(-c7ccccc7)cc6)ccn5)c4)cncc3n2C)c1. The molecule has 0 amide bonds. The monoisotopic (exact) mass is 620 g/mol. The molecule has 0 aliphatic carbocycles. The number of aromatic nitrogens is 4. The van der Waals surface area contributed by atoms with Crippen molar-refractivity contribution in [2.45, 2.75) is 6.92 Å². The number of aromatic hydroxyl groups is 1. The highest BCUT2D eigenvalue weighted by molar-refractivity contribution is 5.95. The van der Waals surface area contributed by atoms with Gasteiger partial charge in [-0.2, -0.15) is 0 Å². The lowest BCUT2D eigenvalue weighted by molar-refractivity contribution is 0.476. The highest BCUT2D eigenvalue weighted by Crippen LogP contribution is 2.38. The summed E-state index contributed by atoms with van der Waals surface area (Å²) in [5, 5.41) is 10.7. The number of phenolic OH excluding ortho intramolecular Hbond substituents is 1. The Bertz CT molecular complexity index is 2410. The Balaban J connectivity index is 1.25. The maximum Gasteiger partial charge on any atom is 0.144 e. The van der Waals surface area contributed by atoms with Crippen molar-refractivity contribution in [3.8, 4) is 72.9 Å². The minimum absolute atomic E-state index is 0.197. The van der Waals surface area contributed by atoms with Gasteiger partial charge in [-0.15, -0.1) is 0 Å². The summed E-state index contributed by atoms with van der Waals surface area (Å²) in [4.78, 5) is 14.6. The molecule has 0 radical (unpaired) electrons. The van der Waals surface area contributed by atoms with Crippen LogP contribution in [0, 0.1) is 6.92 Å². The fourth-order valence-corrected chi connectivity index (χ4v) is 6.36. The van der Waals surface area contributed by atoms with Crippen LogP contribution in [0.2, 0.25) is 0 Å². The van der Waals surface area contributed by atoms with Crippen LogP contribution in [-0.2, 0) is 7.05 Å². The second-order valence-corrected chi connectivity index (χ2v) is 12.1. The summed E-state index contributed by atoms with van der Waals surface area (Å²) in [5.41, 5.74) is 14.0. The summed E-state index contributed by atoms with van der Waals surface area (Å²) in [7, 11) is 1.96. The van der Waals surface area contributed by atoms with Gasteiger partial charge in [0.25, 0.3) is 0 Å². The van der Waals surface area contributed by atoms with E-state index in [0.29, 0.717) is 11.4 Å². The maximum absolute atomic E-state index is 10.7. The highest BCUT2D eigenvalue weighted by atomic mass is 16.3. The molecule has 0 aliphatic rings. The van der Waals surface area contributed by atoms with Crippen LogP contribution in [-0.4, -0.2) is 24.6 Å². The van der Waals surface area contributed by atoms with Crippen molar-refractivity contribution in [2.75, 3.05) is 0 Å². The van der Waals surface area contributed by atoms with Crippen molar-refractivity contribution in [2.24, 2.45) is 7.05 Å². The number of nitrogens with zero attached hydrogens (tertiary/aromatic N) is 4. The van der Waals surface area contributed by atoms with Gasteiger partial charge in [0.1, 0.15) is 17.1 Å². The van der Waals surface area contributed by atoms with Crippen LogP contribution in [0.3, 0.4) is 0 Å². The second kappa shape index (κ2) is 12.1. The van der Waals surface area contributed by atoms with Gasteiger partial charge in [0.2, 0.25) is 0 Å². The topological polar surface area (TPSA) is 63.8 Å². The van der Waals surface area contributed by atoms with Crippen LogP contribution in [0.1, 0.15) is 5.56 Å². The summed E-state index contributed by atoms with van der Waals surface area (Å²) in [5.74, 6) is 0.884. The first kappa shape index (κ1) is 29.1. The van der Waals surface area contributed by atoms with Crippen molar-refractivity contribution in [1.82, 2.24) is 19.5 Å². The van der Waals surface area contributed by atoms with Crippen LogP contribution in [0.4, 0.5) is 0 Å². The van der Waals surface area contributed by atoms with E-state index in [1.54, 1.807) is 6.07 Å². The third-order valence-electron chi connectivity index (χ3n) is 8.92. The first-order chi connectivity index (χ1) is 23.5. The van der Waals surface area contributed by atoms with E-state index in [1.165, 1.54) is 11.1 Å². The number of hydrogen-bond acceptors (Lipinski definition) is 4. The molecule has 3 heterocycles. The quantitative estimate of drug-likeness (QED) is 0.201. The van der Waals surface area contributed by atoms with Gasteiger partial charge >= 0.3 is 0 Å². The Kier molecular flexibility index (Phi) is 7.35. The summed E-state index contributed by atoms with van der Waals surface area (Å²) >= 11 is 0. The second-order valence-electron chi connectivity index (χ2n) is 12.1. The Hall–Kier alpha value is -6.33. The van der Waals surface area contributed by atoms with Gasteiger partial charge < -0.3 is 9.67 Å². The fraction of sp³-hybridized carbons (Fsp3) is 0.0465. The minimum Gasteiger partial charge on any atom is -0.507 e. The molecule has 0 saturated heterocycles. The molecule has 0 unspecified atom stereocenters. The number of aryl methyl sites for hydroxylation is 2. The van der Waals surface area contributed by atoms with E-state index < -0.39 is 0 Å². The van der Waals surface area contributed by atoms with Crippen LogP contribution >= 0.6 is 0 Å². The van der Waals surface area contributed by atoms with E-state index in [4.69, 9.17) is 9.97 Å². The average molecular weight is 621 g/mol. The Labute approximate surface area is 279 Å². The molecule has 0 spiro atoms. The highest BCUT2D eigenvalue weighted by Gasteiger charge is 2.18. The number of hydrogen-bond donors (Lipinski definition) is 1. The van der Waals surface area contributed by atoms with E-state index in [1.807, 2.05) is 61.4 Å². The predicted molar refractivity (Wildman–Crippen MR) is 195 cm³/mol. The van der Waals surface area contributed by atoms with Gasteiger partial charge in [-0.1, -0.05) is 96.6 Å². The Morgan fingerprint density at radius 3 is 1.90 bits per heavy atom. The molecule has 0 aliphatic heterocycles. The standard InChI is InChI=1S/C43H32N4O/c1-28-13-18-41(48)37(21-28)43-46-42-38(26-44-27-40(42)47(43)2)35-22-34(30-11-7-4-8-12-30)23-36(24-35)39-25-33(19-20-45-39)32-16-14-31(15-17-32)29-9-5-3-6-10-29/h3-27,48H,1-2H3. The third-order valence-corrected chi connectivity index (χ3v) is 8.92. The van der Waals surface area contributed by atoms with Crippen molar-refractivity contribution in [3.05, 3.63) is 158 Å². The van der Waals surface area contributed by atoms with Crippen molar-refractivity contribution in [3.63, 3.8) is 0 Å². The van der Waals surface area contributed by atoms with E-state index in [9.17, 15) is 5.11 Å². The molecule has 230 valence electrons. The van der Waals surface area contributed by atoms with Crippen molar-refractivity contribution in [1.29, 1.82) is 0 Å². The lowest BCUT2D eigenvalue weighted by Crippen LogP contribution is -1.93. The normalized spacial score (nSPS) is 11.2. The number of pyridine rings is 2. The largest absolute Gasteiger partial charge is 0.507 e. The molecule has 8 rings (SSSR count). The number of benzene rings is 5. The average Bonchev–Trinajstić information content (AvgIpc) is 3.49. The van der Waals surface area contributed by atoms with Crippen LogP contribution in [0.25, 0.3) is 78.2 Å². The molecule has 5 aromatic carbocycles. The molecule has 0 fully saturated rings. The van der Waals surface area contributed by atoms with E-state index in [-0.39, 0.29) is 5.75 Å². The van der Waals surface area contributed by atoms with Gasteiger partial charge in [0.15, 0.2) is 0 Å². The smallest absolute Gasteiger partial charge is 0.144 e. The maximum atomic E-state index is 10.7. The zero-order valence-corrected chi connectivity index (χ0v) is 26.7. The van der Waals surface area contributed by atoms with E-state index in [2.05, 4.69) is 108 Å². The zero-order chi connectivity index (χ0) is 32.6. The molecule has 8 aromatic rings. The van der Waals surface area contributed by atoms with Crippen LogP contribution in [0.15, 0.2) is 152 Å². The van der Waals surface area contributed by atoms with Gasteiger partial charge in [-0.3, -0.25) is 9.97 Å². The van der Waals surface area contributed by atoms with Crippen LogP contribution in [0.5, 0.6) is 5.75 Å². The third kappa shape index (κ3) is 5.41. The van der Waals surface area contributed by atoms with Gasteiger partial charge in [-0.25, -0.2) is 4.98 Å². The first-order valence-corrected chi connectivity index (χ1v) is 16.0. The Morgan fingerprint density at radius 1 is 0.542 bits per heavy atom. The fourth-order valence-electron chi connectivity index (χ4n) is 6.36. The summed E-state index contributed by atoms with van der Waals surface area (Å²) < 4.78 is 2.00. The van der Waals surface area contributed by atoms with E-state index >= 15 is 0 Å². The molecule has 0 atom stereocenters. The lowest BCUT2D eigenvalue weighted by atomic mass is 9.94. The van der Waals surface area contributed by atoms with Crippen molar-refractivity contribution >= 4 is 11.0 Å². The number of phenols is 1. The summed E-state index contributed by atoms with van der Waals surface area (Å²) in [6.45, 7) is 2.01. The van der Waals surface area contributed by atoms with Gasteiger partial charge in [0, 0.05) is 30.6 Å². The predicted octanol–water partition coefficient (Wildman–Crippen LogP) is 10.4. The van der Waals surface area contributed by atoms with Gasteiger partial charge in [-0.05, 0) is 88.3 Å². The van der Waals surface area contributed by atoms with Gasteiger partial charge in [0.05, 0.1) is 23.0 Å². The number of rotatable bonds is 6. The van der Waals surface area contributed by atoms with Crippen molar-refractivity contribution < 1.29 is 5.11 Å². The molecule has 0 saturated carbocycles. The number of fused-ring (bicyclic) bond motifs is 1. The molecular formula is C43H32N4O. The van der Waals surface area contributed by atoms with Crippen LogP contribution < -0.4 is 0 Å². The summed E-state index contributed by atoms with van der Waals surface area (Å²) in [6, 6.07) is 45.9. The molecule has 0 bridgehead atoms. The number of imidazole rings is 1. The molecule has 5 heteroatoms. The minimum atomic E-state index is 0.197. The zero-order valence-electron chi connectivity index (χ0n) is 26.7.